The molecule has 9 heteroatoms. The van der Waals surface area contributed by atoms with Crippen LogP contribution in [0.4, 0.5) is 0 Å². The molecule has 0 fully saturated rings. The third-order valence-electron chi connectivity index (χ3n) is 2.76. The van der Waals surface area contributed by atoms with Crippen molar-refractivity contribution in [1.82, 2.24) is 15.1 Å². The summed E-state index contributed by atoms with van der Waals surface area (Å²) in [5.74, 6) is 1.15. The van der Waals surface area contributed by atoms with Crippen LogP contribution in [0.1, 0.15) is 59.2 Å². The Kier molecular flexibility index (Phi) is 10.9. The number of nitrogens with zero attached hydrogens (tertiary/aromatic N) is 4. The number of aryl methyl sites for hydroxylation is 3. The van der Waals surface area contributed by atoms with E-state index in [1.54, 1.807) is 4.80 Å². The number of aromatic nitrogens is 4. The smallest absolute Gasteiger partial charge is 0.298 e. The highest BCUT2D eigenvalue weighted by atomic mass is 32.3. The zero-order valence-corrected chi connectivity index (χ0v) is 14.8. The monoisotopic (exact) mass is 336 g/mol. The van der Waals surface area contributed by atoms with Gasteiger partial charge in [-0.3, -0.25) is 4.18 Å². The fraction of sp³-hybridized carbons (Fsp3) is 0.923. The molecule has 0 N–H and O–H groups in total. The molecule has 0 aliphatic rings. The second-order valence-electron chi connectivity index (χ2n) is 4.69. The molecule has 0 amide bonds. The number of hydrogen-bond acceptors (Lipinski definition) is 6. The quantitative estimate of drug-likeness (QED) is 0.382. The van der Waals surface area contributed by atoms with Crippen molar-refractivity contribution >= 4 is 10.4 Å². The number of rotatable bonds is 9. The number of hydrogen-bond donors (Lipinski definition) is 0. The predicted molar refractivity (Wildman–Crippen MR) is 80.7 cm³/mol. The summed E-state index contributed by atoms with van der Waals surface area (Å²) in [5, 5.41) is 8.93. The Morgan fingerprint density at radius 2 is 1.82 bits per heavy atom. The van der Waals surface area contributed by atoms with Crippen LogP contribution in [0.15, 0.2) is 0 Å². The summed E-state index contributed by atoms with van der Waals surface area (Å²) in [6.45, 7) is 9.69. The summed E-state index contributed by atoms with van der Waals surface area (Å²) in [4.78, 5) is 1.79. The van der Waals surface area contributed by atoms with Gasteiger partial charge in [0, 0.05) is 6.42 Å². The molecule has 22 heavy (non-hydrogen) atoms. The first-order valence-corrected chi connectivity index (χ1v) is 9.15. The second-order valence-corrected chi connectivity index (χ2v) is 5.74. The fourth-order valence-electron chi connectivity index (χ4n) is 1.66. The van der Waals surface area contributed by atoms with Crippen molar-refractivity contribution in [3.63, 3.8) is 0 Å². The van der Waals surface area contributed by atoms with Crippen LogP contribution >= 0.6 is 0 Å². The Morgan fingerprint density at radius 3 is 2.23 bits per heavy atom. The van der Waals surface area contributed by atoms with Gasteiger partial charge in [-0.2, -0.15) is 0 Å². The Labute approximate surface area is 133 Å². The highest BCUT2D eigenvalue weighted by Gasteiger charge is 2.16. The molecule has 1 aromatic heterocycles. The molecule has 1 aromatic rings. The van der Waals surface area contributed by atoms with Gasteiger partial charge in [0.15, 0.2) is 0 Å². The van der Waals surface area contributed by atoms with Crippen molar-refractivity contribution < 1.29 is 21.8 Å². The molecular formula is C13H28N4O4S. The van der Waals surface area contributed by atoms with Crippen LogP contribution in [0, 0.1) is 0 Å². The van der Waals surface area contributed by atoms with E-state index in [0.717, 1.165) is 25.3 Å². The molecule has 0 radical (unpaired) electrons. The Bertz CT molecular complexity index is 477. The van der Waals surface area contributed by atoms with Gasteiger partial charge in [-0.05, 0) is 31.5 Å². The predicted octanol–water partition coefficient (Wildman–Crippen LogP) is 1.21. The van der Waals surface area contributed by atoms with Gasteiger partial charge < -0.3 is 4.55 Å². The first kappa shape index (κ1) is 20.9. The van der Waals surface area contributed by atoms with Crippen LogP contribution in [0.3, 0.4) is 0 Å². The van der Waals surface area contributed by atoms with Crippen LogP contribution in [0.2, 0.25) is 0 Å². The molecule has 0 unspecified atom stereocenters. The molecule has 0 saturated heterocycles. The Morgan fingerprint density at radius 1 is 1.18 bits per heavy atom. The first-order chi connectivity index (χ1) is 10.4. The van der Waals surface area contributed by atoms with E-state index in [1.165, 1.54) is 32.6 Å². The molecular weight excluding hydrogens is 308 g/mol. The number of unbranched alkanes of at least 4 members (excludes halogenated alkanes) is 2. The summed E-state index contributed by atoms with van der Waals surface area (Å²) in [6.07, 6.45) is 5.87. The maximum Gasteiger partial charge on any atom is 0.298 e. The SMILES string of the molecule is CCCCc1nn(CC)n[n+]1CCCC.CCOS(=O)(=O)[O-]. The van der Waals surface area contributed by atoms with Crippen LogP contribution in [-0.4, -0.2) is 34.7 Å². The minimum atomic E-state index is -4.42. The van der Waals surface area contributed by atoms with Gasteiger partial charge in [0.2, 0.25) is 10.4 Å². The molecule has 8 nitrogen and oxygen atoms in total. The lowest BCUT2D eigenvalue weighted by Crippen LogP contribution is -2.40. The molecule has 0 bridgehead atoms. The first-order valence-electron chi connectivity index (χ1n) is 7.82. The van der Waals surface area contributed by atoms with E-state index in [1.807, 2.05) is 0 Å². The summed E-state index contributed by atoms with van der Waals surface area (Å²) < 4.78 is 34.1. The maximum atomic E-state index is 9.45. The van der Waals surface area contributed by atoms with Crippen molar-refractivity contribution in [1.29, 1.82) is 0 Å². The van der Waals surface area contributed by atoms with E-state index < -0.39 is 10.4 Å². The molecule has 0 aromatic carbocycles. The normalized spacial score (nSPS) is 11.1. The zero-order chi connectivity index (χ0) is 17.0. The lowest BCUT2D eigenvalue weighted by Gasteiger charge is -2.02. The lowest BCUT2D eigenvalue weighted by molar-refractivity contribution is -0.762. The van der Waals surface area contributed by atoms with Gasteiger partial charge in [-0.1, -0.05) is 26.7 Å². The maximum absolute atomic E-state index is 9.45. The average Bonchev–Trinajstić information content (AvgIpc) is 2.84. The summed E-state index contributed by atoms with van der Waals surface area (Å²) in [5.41, 5.74) is 0. The largest absolute Gasteiger partial charge is 0.726 e. The van der Waals surface area contributed by atoms with Crippen LogP contribution in [0.5, 0.6) is 0 Å². The van der Waals surface area contributed by atoms with Crippen molar-refractivity contribution in [3.8, 4) is 0 Å². The minimum absolute atomic E-state index is 0.0914. The van der Waals surface area contributed by atoms with E-state index in [4.69, 9.17) is 0 Å². The average molecular weight is 336 g/mol. The van der Waals surface area contributed by atoms with E-state index in [9.17, 15) is 13.0 Å². The second kappa shape index (κ2) is 11.5. The molecule has 0 saturated carbocycles. The van der Waals surface area contributed by atoms with Gasteiger partial charge in [-0.15, -0.1) is 4.68 Å². The van der Waals surface area contributed by atoms with Gasteiger partial charge in [0.05, 0.1) is 23.5 Å². The van der Waals surface area contributed by atoms with E-state index in [0.29, 0.717) is 0 Å². The van der Waals surface area contributed by atoms with Gasteiger partial charge in [0.1, 0.15) is 6.54 Å². The Balaban J connectivity index is 0.000000534. The standard InChI is InChI=1S/C11H23N4.C2H6O4S/c1-4-7-9-11-12-15(6-3)13-14(11)10-8-5-2;1-2-6-7(3,4)5/h4-10H2,1-3H3;2H2,1H3,(H,3,4,5)/q+1;/p-1. The third kappa shape index (κ3) is 9.80. The van der Waals surface area contributed by atoms with E-state index in [-0.39, 0.29) is 6.61 Å². The van der Waals surface area contributed by atoms with Crippen LogP contribution < -0.4 is 4.68 Å². The van der Waals surface area contributed by atoms with Gasteiger partial charge >= 0.3 is 0 Å². The van der Waals surface area contributed by atoms with E-state index in [2.05, 4.69) is 39.9 Å². The summed E-state index contributed by atoms with van der Waals surface area (Å²) in [6, 6.07) is 0. The topological polar surface area (TPSA) is 101 Å². The number of tetrazole rings is 1. The Hall–Kier alpha value is -1.06. The van der Waals surface area contributed by atoms with Crippen LogP contribution in [-0.2, 0) is 34.1 Å². The highest BCUT2D eigenvalue weighted by Crippen LogP contribution is 1.97. The highest BCUT2D eigenvalue weighted by molar-refractivity contribution is 7.80. The fourth-order valence-corrected chi connectivity index (χ4v) is 1.94. The van der Waals surface area contributed by atoms with Gasteiger partial charge in [-0.25, -0.2) is 8.42 Å². The molecule has 0 aliphatic heterocycles. The van der Waals surface area contributed by atoms with Crippen molar-refractivity contribution in [2.75, 3.05) is 6.61 Å². The van der Waals surface area contributed by atoms with Crippen molar-refractivity contribution in [3.05, 3.63) is 5.82 Å². The van der Waals surface area contributed by atoms with Crippen LogP contribution in [0.25, 0.3) is 0 Å². The van der Waals surface area contributed by atoms with Gasteiger partial charge in [0.25, 0.3) is 5.82 Å². The molecule has 0 aliphatic carbocycles. The molecule has 130 valence electrons. The summed E-state index contributed by atoms with van der Waals surface area (Å²) in [7, 11) is -4.42. The third-order valence-corrected chi connectivity index (χ3v) is 3.29. The molecule has 0 atom stereocenters. The van der Waals surface area contributed by atoms with Crippen molar-refractivity contribution in [2.45, 2.75) is 72.9 Å². The lowest BCUT2D eigenvalue weighted by atomic mass is 10.2. The van der Waals surface area contributed by atoms with E-state index >= 15 is 0 Å². The van der Waals surface area contributed by atoms with Crippen molar-refractivity contribution in [2.24, 2.45) is 0 Å². The zero-order valence-electron chi connectivity index (χ0n) is 14.0. The summed E-state index contributed by atoms with van der Waals surface area (Å²) >= 11 is 0. The molecule has 1 rings (SSSR count). The molecule has 0 spiro atoms. The minimum Gasteiger partial charge on any atom is -0.726 e. The molecule has 1 heterocycles.